The van der Waals surface area contributed by atoms with Crippen LogP contribution in [-0.2, 0) is 23.3 Å². The summed E-state index contributed by atoms with van der Waals surface area (Å²) in [4.78, 5) is 18.8. The van der Waals surface area contributed by atoms with Gasteiger partial charge in [0.1, 0.15) is 5.82 Å². The fourth-order valence-electron chi connectivity index (χ4n) is 3.34. The maximum atomic E-state index is 12.8. The molecule has 1 aliphatic carbocycles. The minimum Gasteiger partial charge on any atom is -0.310 e. The standard InChI is InChI=1S/C14H22N4O3S/c1-10-15-13-9-18(8-12(13)14(19)16-10)22(20,21)17(2)11-6-4-3-5-7-11/h11H,3-9H2,1-2H3,(H,15,16,19). The van der Waals surface area contributed by atoms with Crippen LogP contribution in [0.2, 0.25) is 0 Å². The van der Waals surface area contributed by atoms with Crippen molar-refractivity contribution in [1.82, 2.24) is 18.6 Å². The van der Waals surface area contributed by atoms with Gasteiger partial charge in [0.15, 0.2) is 0 Å². The van der Waals surface area contributed by atoms with Crippen LogP contribution in [0.25, 0.3) is 0 Å². The van der Waals surface area contributed by atoms with Crippen LogP contribution in [0.4, 0.5) is 0 Å². The maximum absolute atomic E-state index is 12.8. The SMILES string of the molecule is Cc1nc2c(c(=O)[nH]1)CN(S(=O)(=O)N(C)C1CCCCC1)C2. The second-order valence-electron chi connectivity index (χ2n) is 6.16. The first-order chi connectivity index (χ1) is 10.4. The number of hydrogen-bond acceptors (Lipinski definition) is 4. The molecule has 1 aromatic heterocycles. The van der Waals surface area contributed by atoms with Gasteiger partial charge in [0.2, 0.25) is 0 Å². The molecule has 1 aliphatic heterocycles. The van der Waals surface area contributed by atoms with Gasteiger partial charge in [0.05, 0.1) is 17.8 Å². The van der Waals surface area contributed by atoms with Gasteiger partial charge in [-0.25, -0.2) is 4.98 Å². The first-order valence-corrected chi connectivity index (χ1v) is 9.11. The second-order valence-corrected chi connectivity index (χ2v) is 8.15. The Hall–Kier alpha value is -1.25. The molecule has 0 bridgehead atoms. The van der Waals surface area contributed by atoms with Crippen LogP contribution in [0.3, 0.4) is 0 Å². The predicted molar refractivity (Wildman–Crippen MR) is 82.4 cm³/mol. The molecule has 2 heterocycles. The highest BCUT2D eigenvalue weighted by Gasteiger charge is 2.37. The predicted octanol–water partition coefficient (Wildman–Crippen LogP) is 0.903. The molecule has 3 rings (SSSR count). The lowest BCUT2D eigenvalue weighted by Gasteiger charge is -2.32. The molecule has 22 heavy (non-hydrogen) atoms. The van der Waals surface area contributed by atoms with Gasteiger partial charge in [-0.3, -0.25) is 4.79 Å². The number of aromatic amines is 1. The molecular formula is C14H22N4O3S. The highest BCUT2D eigenvalue weighted by molar-refractivity contribution is 7.86. The lowest BCUT2D eigenvalue weighted by Crippen LogP contribution is -2.45. The summed E-state index contributed by atoms with van der Waals surface area (Å²) in [5.74, 6) is 0.517. The molecule has 1 fully saturated rings. The summed E-state index contributed by atoms with van der Waals surface area (Å²) in [6, 6.07) is 0.0652. The van der Waals surface area contributed by atoms with Crippen molar-refractivity contribution in [3.8, 4) is 0 Å². The molecule has 0 aromatic carbocycles. The van der Waals surface area contributed by atoms with E-state index in [4.69, 9.17) is 0 Å². The number of aromatic nitrogens is 2. The fourth-order valence-corrected chi connectivity index (χ4v) is 4.87. The summed E-state index contributed by atoms with van der Waals surface area (Å²) in [5.41, 5.74) is 0.800. The number of aryl methyl sites for hydroxylation is 1. The number of fused-ring (bicyclic) bond motifs is 1. The third-order valence-corrected chi connectivity index (χ3v) is 6.60. The Bertz CT molecular complexity index is 722. The Balaban J connectivity index is 1.83. The van der Waals surface area contributed by atoms with E-state index in [1.54, 1.807) is 14.0 Å². The second kappa shape index (κ2) is 5.75. The van der Waals surface area contributed by atoms with E-state index in [1.807, 2.05) is 0 Å². The van der Waals surface area contributed by atoms with Crippen molar-refractivity contribution in [2.45, 2.75) is 58.2 Å². The molecule has 0 atom stereocenters. The molecule has 8 heteroatoms. The molecule has 0 unspecified atom stereocenters. The summed E-state index contributed by atoms with van der Waals surface area (Å²) in [5, 5.41) is 0. The first kappa shape index (κ1) is 15.6. The Morgan fingerprint density at radius 3 is 2.59 bits per heavy atom. The zero-order valence-corrected chi connectivity index (χ0v) is 13.8. The Morgan fingerprint density at radius 2 is 1.91 bits per heavy atom. The smallest absolute Gasteiger partial charge is 0.282 e. The van der Waals surface area contributed by atoms with Crippen LogP contribution in [0.1, 0.15) is 49.2 Å². The van der Waals surface area contributed by atoms with Crippen molar-refractivity contribution < 1.29 is 8.42 Å². The van der Waals surface area contributed by atoms with E-state index < -0.39 is 10.2 Å². The van der Waals surface area contributed by atoms with Gasteiger partial charge < -0.3 is 4.98 Å². The molecule has 0 radical (unpaired) electrons. The van der Waals surface area contributed by atoms with Gasteiger partial charge in [-0.05, 0) is 19.8 Å². The number of H-pyrrole nitrogens is 1. The lowest BCUT2D eigenvalue weighted by molar-refractivity contribution is 0.263. The molecule has 0 amide bonds. The third kappa shape index (κ3) is 2.70. The number of hydrogen-bond donors (Lipinski definition) is 1. The molecule has 0 saturated heterocycles. The van der Waals surface area contributed by atoms with Crippen molar-refractivity contribution in [3.05, 3.63) is 27.4 Å². The van der Waals surface area contributed by atoms with Crippen LogP contribution < -0.4 is 5.56 Å². The van der Waals surface area contributed by atoms with Crippen LogP contribution >= 0.6 is 0 Å². The van der Waals surface area contributed by atoms with Gasteiger partial charge >= 0.3 is 0 Å². The summed E-state index contributed by atoms with van der Waals surface area (Å²) < 4.78 is 28.5. The Labute approximate surface area is 130 Å². The highest BCUT2D eigenvalue weighted by atomic mass is 32.2. The number of nitrogens with zero attached hydrogens (tertiary/aromatic N) is 3. The molecule has 7 nitrogen and oxygen atoms in total. The van der Waals surface area contributed by atoms with E-state index in [9.17, 15) is 13.2 Å². The van der Waals surface area contributed by atoms with Crippen LogP contribution in [0.15, 0.2) is 4.79 Å². The summed E-state index contributed by atoms with van der Waals surface area (Å²) in [7, 11) is -1.91. The zero-order valence-electron chi connectivity index (χ0n) is 13.0. The third-order valence-electron chi connectivity index (χ3n) is 4.66. The van der Waals surface area contributed by atoms with E-state index in [1.165, 1.54) is 15.0 Å². The minimum atomic E-state index is -3.56. The molecule has 2 aliphatic rings. The maximum Gasteiger partial charge on any atom is 0.282 e. The summed E-state index contributed by atoms with van der Waals surface area (Å²) >= 11 is 0. The molecular weight excluding hydrogens is 304 g/mol. The largest absolute Gasteiger partial charge is 0.310 e. The van der Waals surface area contributed by atoms with Gasteiger partial charge in [-0.15, -0.1) is 0 Å². The normalized spacial score (nSPS) is 20.5. The van der Waals surface area contributed by atoms with E-state index in [2.05, 4.69) is 9.97 Å². The van der Waals surface area contributed by atoms with Crippen LogP contribution in [-0.4, -0.2) is 40.1 Å². The van der Waals surface area contributed by atoms with E-state index in [0.717, 1.165) is 25.7 Å². The number of rotatable bonds is 3. The first-order valence-electron chi connectivity index (χ1n) is 7.71. The number of nitrogens with one attached hydrogen (secondary N) is 1. The Morgan fingerprint density at radius 1 is 1.23 bits per heavy atom. The molecule has 1 N–H and O–H groups in total. The van der Waals surface area contributed by atoms with E-state index in [-0.39, 0.29) is 24.7 Å². The lowest BCUT2D eigenvalue weighted by atomic mass is 9.96. The van der Waals surface area contributed by atoms with Crippen molar-refractivity contribution in [2.24, 2.45) is 0 Å². The molecule has 122 valence electrons. The molecule has 1 saturated carbocycles. The highest BCUT2D eigenvalue weighted by Crippen LogP contribution is 2.28. The fraction of sp³-hybridized carbons (Fsp3) is 0.714. The molecule has 1 aromatic rings. The van der Waals surface area contributed by atoms with Crippen molar-refractivity contribution >= 4 is 10.2 Å². The van der Waals surface area contributed by atoms with Gasteiger partial charge in [0.25, 0.3) is 15.8 Å². The van der Waals surface area contributed by atoms with Crippen LogP contribution in [0, 0.1) is 6.92 Å². The quantitative estimate of drug-likeness (QED) is 0.894. The summed E-state index contributed by atoms with van der Waals surface area (Å²) in [6.45, 7) is 1.99. The van der Waals surface area contributed by atoms with E-state index in [0.29, 0.717) is 17.1 Å². The Kier molecular flexibility index (Phi) is 4.09. The molecule has 0 spiro atoms. The van der Waals surface area contributed by atoms with Gasteiger partial charge in [-0.2, -0.15) is 17.0 Å². The van der Waals surface area contributed by atoms with Crippen LogP contribution in [0.5, 0.6) is 0 Å². The average Bonchev–Trinajstić information content (AvgIpc) is 2.92. The van der Waals surface area contributed by atoms with E-state index >= 15 is 0 Å². The monoisotopic (exact) mass is 326 g/mol. The average molecular weight is 326 g/mol. The zero-order chi connectivity index (χ0) is 15.9. The minimum absolute atomic E-state index is 0.0652. The summed E-state index contributed by atoms with van der Waals surface area (Å²) in [6.07, 6.45) is 5.15. The topological polar surface area (TPSA) is 86.4 Å². The van der Waals surface area contributed by atoms with Crippen molar-refractivity contribution in [3.63, 3.8) is 0 Å². The van der Waals surface area contributed by atoms with Crippen molar-refractivity contribution in [1.29, 1.82) is 0 Å². The van der Waals surface area contributed by atoms with Gasteiger partial charge in [0, 0.05) is 19.6 Å². The van der Waals surface area contributed by atoms with Crippen molar-refractivity contribution in [2.75, 3.05) is 7.05 Å². The van der Waals surface area contributed by atoms with Gasteiger partial charge in [-0.1, -0.05) is 19.3 Å².